The Labute approximate surface area is 107 Å². The lowest BCUT2D eigenvalue weighted by molar-refractivity contribution is -0.0801. The van der Waals surface area contributed by atoms with Gasteiger partial charge in [0.2, 0.25) is 0 Å². The Morgan fingerprint density at radius 3 is 2.71 bits per heavy atom. The molecule has 2 nitrogen and oxygen atoms in total. The molecule has 0 spiro atoms. The molecule has 1 N–H and O–H groups in total. The molecule has 2 fully saturated rings. The van der Waals surface area contributed by atoms with Crippen LogP contribution in [0.2, 0.25) is 0 Å². The molecule has 0 radical (unpaired) electrons. The Morgan fingerprint density at radius 2 is 2.00 bits per heavy atom. The van der Waals surface area contributed by atoms with Crippen molar-refractivity contribution in [1.29, 1.82) is 0 Å². The molecule has 0 aromatic heterocycles. The molecule has 0 amide bonds. The van der Waals surface area contributed by atoms with Crippen molar-refractivity contribution in [1.82, 2.24) is 5.32 Å². The lowest BCUT2D eigenvalue weighted by Gasteiger charge is -2.41. The van der Waals surface area contributed by atoms with Gasteiger partial charge in [-0.2, -0.15) is 0 Å². The second-order valence-electron chi connectivity index (χ2n) is 6.38. The molecule has 1 aliphatic heterocycles. The molecule has 1 aliphatic carbocycles. The van der Waals surface area contributed by atoms with Crippen molar-refractivity contribution < 1.29 is 4.74 Å². The van der Waals surface area contributed by atoms with E-state index in [1.165, 1.54) is 38.5 Å². The van der Waals surface area contributed by atoms with Crippen LogP contribution in [0.3, 0.4) is 0 Å². The zero-order valence-corrected chi connectivity index (χ0v) is 11.8. The first kappa shape index (κ1) is 13.4. The standard InChI is InChI=1S/C15H29NO/c1-4-15(3)11-13(9-10-17-15)16-14-8-6-5-7-12(14)2/h12-14,16H,4-11H2,1-3H3. The van der Waals surface area contributed by atoms with Crippen LogP contribution in [0.15, 0.2) is 0 Å². The van der Waals surface area contributed by atoms with Gasteiger partial charge < -0.3 is 10.1 Å². The Kier molecular flexibility index (Phi) is 4.48. The summed E-state index contributed by atoms with van der Waals surface area (Å²) in [5.74, 6) is 0.861. The second kappa shape index (κ2) is 5.71. The van der Waals surface area contributed by atoms with Gasteiger partial charge in [-0.3, -0.25) is 0 Å². The molecule has 100 valence electrons. The fraction of sp³-hybridized carbons (Fsp3) is 1.00. The average molecular weight is 239 g/mol. The summed E-state index contributed by atoms with van der Waals surface area (Å²) in [7, 11) is 0. The van der Waals surface area contributed by atoms with E-state index in [1.807, 2.05) is 0 Å². The van der Waals surface area contributed by atoms with Crippen molar-refractivity contribution in [2.45, 2.75) is 83.4 Å². The van der Waals surface area contributed by atoms with Crippen LogP contribution in [0.25, 0.3) is 0 Å². The fourth-order valence-corrected chi connectivity index (χ4v) is 3.39. The van der Waals surface area contributed by atoms with Gasteiger partial charge in [0.05, 0.1) is 5.60 Å². The van der Waals surface area contributed by atoms with E-state index >= 15 is 0 Å². The third-order valence-electron chi connectivity index (χ3n) is 4.90. The summed E-state index contributed by atoms with van der Waals surface area (Å²) >= 11 is 0. The van der Waals surface area contributed by atoms with Gasteiger partial charge >= 0.3 is 0 Å². The number of rotatable bonds is 3. The zero-order valence-electron chi connectivity index (χ0n) is 11.8. The molecule has 2 aliphatic rings. The first-order chi connectivity index (χ1) is 8.13. The second-order valence-corrected chi connectivity index (χ2v) is 6.38. The summed E-state index contributed by atoms with van der Waals surface area (Å²) in [6.07, 6.45) is 9.14. The highest BCUT2D eigenvalue weighted by molar-refractivity contribution is 4.89. The number of hydrogen-bond acceptors (Lipinski definition) is 2. The maximum absolute atomic E-state index is 5.92. The lowest BCUT2D eigenvalue weighted by atomic mass is 9.83. The van der Waals surface area contributed by atoms with E-state index in [4.69, 9.17) is 4.74 Å². The lowest BCUT2D eigenvalue weighted by Crippen LogP contribution is -2.50. The van der Waals surface area contributed by atoms with E-state index in [0.717, 1.165) is 25.0 Å². The van der Waals surface area contributed by atoms with Gasteiger partial charge in [0.25, 0.3) is 0 Å². The van der Waals surface area contributed by atoms with Gasteiger partial charge in [0, 0.05) is 18.7 Å². The summed E-state index contributed by atoms with van der Waals surface area (Å²) in [4.78, 5) is 0. The van der Waals surface area contributed by atoms with Crippen LogP contribution < -0.4 is 5.32 Å². The fourth-order valence-electron chi connectivity index (χ4n) is 3.39. The molecule has 0 aromatic carbocycles. The predicted octanol–water partition coefficient (Wildman–Crippen LogP) is 3.50. The van der Waals surface area contributed by atoms with Gasteiger partial charge in [-0.25, -0.2) is 0 Å². The number of nitrogens with one attached hydrogen (secondary N) is 1. The highest BCUT2D eigenvalue weighted by Crippen LogP contribution is 2.30. The molecule has 4 atom stereocenters. The van der Waals surface area contributed by atoms with Crippen molar-refractivity contribution in [2.24, 2.45) is 5.92 Å². The third kappa shape index (κ3) is 3.45. The van der Waals surface area contributed by atoms with Crippen molar-refractivity contribution >= 4 is 0 Å². The van der Waals surface area contributed by atoms with Crippen LogP contribution in [0.5, 0.6) is 0 Å². The Hall–Kier alpha value is -0.0800. The molecule has 1 saturated heterocycles. The van der Waals surface area contributed by atoms with E-state index in [2.05, 4.69) is 26.1 Å². The van der Waals surface area contributed by atoms with Crippen LogP contribution in [0.1, 0.15) is 65.7 Å². The normalized spacial score (nSPS) is 43.6. The highest BCUT2D eigenvalue weighted by atomic mass is 16.5. The van der Waals surface area contributed by atoms with Crippen molar-refractivity contribution in [3.63, 3.8) is 0 Å². The zero-order chi connectivity index (χ0) is 12.3. The first-order valence-corrected chi connectivity index (χ1v) is 7.53. The maximum atomic E-state index is 5.92. The summed E-state index contributed by atoms with van der Waals surface area (Å²) < 4.78 is 5.92. The van der Waals surface area contributed by atoms with Crippen LogP contribution in [0, 0.1) is 5.92 Å². The molecule has 1 saturated carbocycles. The van der Waals surface area contributed by atoms with Gasteiger partial charge in [-0.05, 0) is 44.9 Å². The van der Waals surface area contributed by atoms with Crippen molar-refractivity contribution in [2.75, 3.05) is 6.61 Å². The smallest absolute Gasteiger partial charge is 0.0666 e. The summed E-state index contributed by atoms with van der Waals surface area (Å²) in [5, 5.41) is 3.92. The van der Waals surface area contributed by atoms with Crippen LogP contribution in [-0.4, -0.2) is 24.3 Å². The van der Waals surface area contributed by atoms with E-state index in [9.17, 15) is 0 Å². The van der Waals surface area contributed by atoms with E-state index in [0.29, 0.717) is 6.04 Å². The minimum atomic E-state index is 0.119. The van der Waals surface area contributed by atoms with E-state index < -0.39 is 0 Å². The SMILES string of the molecule is CCC1(C)CC(NC2CCCCC2C)CCO1. The minimum Gasteiger partial charge on any atom is -0.375 e. The summed E-state index contributed by atoms with van der Waals surface area (Å²) in [5.41, 5.74) is 0.119. The summed E-state index contributed by atoms with van der Waals surface area (Å²) in [6.45, 7) is 7.86. The molecule has 4 unspecified atom stereocenters. The van der Waals surface area contributed by atoms with Crippen LogP contribution >= 0.6 is 0 Å². The third-order valence-corrected chi connectivity index (χ3v) is 4.90. The van der Waals surface area contributed by atoms with Crippen LogP contribution in [0.4, 0.5) is 0 Å². The maximum Gasteiger partial charge on any atom is 0.0666 e. The predicted molar refractivity (Wildman–Crippen MR) is 72.2 cm³/mol. The minimum absolute atomic E-state index is 0.119. The molecular weight excluding hydrogens is 210 g/mol. The molecule has 0 aromatic rings. The largest absolute Gasteiger partial charge is 0.375 e. The van der Waals surface area contributed by atoms with Gasteiger partial charge in [0.1, 0.15) is 0 Å². The van der Waals surface area contributed by atoms with Gasteiger partial charge in [0.15, 0.2) is 0 Å². The molecule has 1 heterocycles. The molecular formula is C15H29NO. The topological polar surface area (TPSA) is 21.3 Å². The number of ether oxygens (including phenoxy) is 1. The molecule has 0 bridgehead atoms. The molecule has 17 heavy (non-hydrogen) atoms. The Balaban J connectivity index is 1.85. The quantitative estimate of drug-likeness (QED) is 0.814. The van der Waals surface area contributed by atoms with Crippen molar-refractivity contribution in [3.05, 3.63) is 0 Å². The highest BCUT2D eigenvalue weighted by Gasteiger charge is 2.33. The van der Waals surface area contributed by atoms with Gasteiger partial charge in [-0.15, -0.1) is 0 Å². The molecule has 2 heteroatoms. The van der Waals surface area contributed by atoms with Crippen molar-refractivity contribution in [3.8, 4) is 0 Å². The van der Waals surface area contributed by atoms with Gasteiger partial charge in [-0.1, -0.05) is 26.7 Å². The molecule has 2 rings (SSSR count). The van der Waals surface area contributed by atoms with E-state index in [-0.39, 0.29) is 5.60 Å². The number of hydrogen-bond donors (Lipinski definition) is 1. The van der Waals surface area contributed by atoms with Crippen LogP contribution in [-0.2, 0) is 4.74 Å². The Bertz CT molecular complexity index is 243. The van der Waals surface area contributed by atoms with E-state index in [1.54, 1.807) is 0 Å². The monoisotopic (exact) mass is 239 g/mol. The average Bonchev–Trinajstić information content (AvgIpc) is 2.32. The first-order valence-electron chi connectivity index (χ1n) is 7.53. The Morgan fingerprint density at radius 1 is 1.24 bits per heavy atom. The summed E-state index contributed by atoms with van der Waals surface area (Å²) in [6, 6.07) is 1.44.